The van der Waals surface area contributed by atoms with Crippen LogP contribution < -0.4 is 10.9 Å². The number of anilines is 1. The summed E-state index contributed by atoms with van der Waals surface area (Å²) in [6.07, 6.45) is 4.52. The number of imide groups is 1. The largest absolute Gasteiger partial charge is 0.379 e. The number of aryl methyl sites for hydroxylation is 1. The molecule has 3 aromatic rings. The summed E-state index contributed by atoms with van der Waals surface area (Å²) < 4.78 is 1.81. The van der Waals surface area contributed by atoms with Gasteiger partial charge in [0.1, 0.15) is 10.8 Å². The van der Waals surface area contributed by atoms with Crippen molar-refractivity contribution in [3.05, 3.63) is 91.3 Å². The van der Waals surface area contributed by atoms with Gasteiger partial charge in [-0.25, -0.2) is 4.68 Å². The first-order valence-corrected chi connectivity index (χ1v) is 17.3. The Balaban J connectivity index is 1.07. The third-order valence-corrected chi connectivity index (χ3v) is 10.7. The lowest BCUT2D eigenvalue weighted by Crippen LogP contribution is -2.44. The van der Waals surface area contributed by atoms with Crippen molar-refractivity contribution in [2.24, 2.45) is 7.05 Å². The summed E-state index contributed by atoms with van der Waals surface area (Å²) in [5, 5.41) is 7.69. The van der Waals surface area contributed by atoms with Gasteiger partial charge in [0.2, 0.25) is 0 Å². The van der Waals surface area contributed by atoms with Gasteiger partial charge in [0.25, 0.3) is 17.4 Å². The maximum Gasteiger partial charge on any atom is 0.282 e. The van der Waals surface area contributed by atoms with E-state index >= 15 is 0 Å². The number of carbonyl (C=O) groups is 4. The molecule has 3 aliphatic heterocycles. The second-order valence-corrected chi connectivity index (χ2v) is 14.2. The Morgan fingerprint density at radius 2 is 1.73 bits per heavy atom. The highest BCUT2D eigenvalue weighted by Gasteiger charge is 2.42. The zero-order valence-corrected chi connectivity index (χ0v) is 29.1. The molecule has 4 heterocycles. The lowest BCUT2D eigenvalue weighted by molar-refractivity contribution is -0.121. The van der Waals surface area contributed by atoms with E-state index < -0.39 is 17.9 Å². The Kier molecular flexibility index (Phi) is 10.0. The van der Waals surface area contributed by atoms with E-state index in [0.717, 1.165) is 56.0 Å². The van der Waals surface area contributed by atoms with Gasteiger partial charge in [-0.05, 0) is 96.4 Å². The Bertz CT molecular complexity index is 1790. The highest BCUT2D eigenvalue weighted by Crippen LogP contribution is 2.34. The molecule has 2 unspecified atom stereocenters. The smallest absolute Gasteiger partial charge is 0.282 e. The van der Waals surface area contributed by atoms with E-state index in [2.05, 4.69) is 67.5 Å². The molecule has 0 aliphatic carbocycles. The van der Waals surface area contributed by atoms with E-state index in [1.54, 1.807) is 19.3 Å². The van der Waals surface area contributed by atoms with Crippen LogP contribution in [0.5, 0.6) is 0 Å². The number of aromatic nitrogens is 2. The van der Waals surface area contributed by atoms with Crippen molar-refractivity contribution in [1.29, 1.82) is 0 Å². The van der Waals surface area contributed by atoms with Gasteiger partial charge in [0.05, 0.1) is 29.1 Å². The number of likely N-dealkylation sites (N-methyl/N-ethyl adjacent to an activating group) is 1. The van der Waals surface area contributed by atoms with Crippen LogP contribution in [0.4, 0.5) is 5.69 Å². The van der Waals surface area contributed by atoms with E-state index in [9.17, 15) is 24.0 Å². The fourth-order valence-corrected chi connectivity index (χ4v) is 7.93. The Hall–Kier alpha value is -4.00. The average molecular weight is 718 g/mol. The third kappa shape index (κ3) is 6.92. The summed E-state index contributed by atoms with van der Waals surface area (Å²) in [5.41, 5.74) is 4.76. The summed E-state index contributed by atoms with van der Waals surface area (Å²) in [7, 11) is 3.76. The molecule has 3 aliphatic rings. The SMILES string of the molecule is CC(=O)C(CCC=O)N1C(=O)c2ccc(C3CCN(Cc4ccc([C@H]5C[C@@H](Nc6cnn(C)c(=O)c6Br)CN(C)C5)cc4)C3)cc2C1=O. The minimum absolute atomic E-state index is 0.106. The molecule has 6 rings (SSSR count). The molecule has 0 saturated carbocycles. The second kappa shape index (κ2) is 14.2. The van der Waals surface area contributed by atoms with Crippen LogP contribution in [0.2, 0.25) is 0 Å². The van der Waals surface area contributed by atoms with Crippen molar-refractivity contribution < 1.29 is 19.2 Å². The molecule has 0 spiro atoms. The van der Waals surface area contributed by atoms with Gasteiger partial charge in [-0.3, -0.25) is 29.0 Å². The predicted molar refractivity (Wildman–Crippen MR) is 185 cm³/mol. The molecule has 2 saturated heterocycles. The molecule has 12 heteroatoms. The van der Waals surface area contributed by atoms with E-state index in [4.69, 9.17) is 0 Å². The van der Waals surface area contributed by atoms with E-state index in [0.29, 0.717) is 33.5 Å². The Labute approximate surface area is 288 Å². The summed E-state index contributed by atoms with van der Waals surface area (Å²) in [6.45, 7) is 5.78. The van der Waals surface area contributed by atoms with Gasteiger partial charge in [-0.15, -0.1) is 0 Å². The Morgan fingerprint density at radius 3 is 2.46 bits per heavy atom. The van der Waals surface area contributed by atoms with Crippen molar-refractivity contribution in [3.63, 3.8) is 0 Å². The molecular formula is C36H41BrN6O5. The van der Waals surface area contributed by atoms with Crippen LogP contribution in [-0.2, 0) is 23.2 Å². The van der Waals surface area contributed by atoms with Gasteiger partial charge in [-0.1, -0.05) is 30.3 Å². The van der Waals surface area contributed by atoms with E-state index in [1.807, 2.05) is 12.1 Å². The summed E-state index contributed by atoms with van der Waals surface area (Å²) in [6, 6.07) is 13.6. The number of rotatable bonds is 11. The molecule has 1 aromatic heterocycles. The molecular weight excluding hydrogens is 676 g/mol. The molecule has 0 bridgehead atoms. The van der Waals surface area contributed by atoms with Crippen LogP contribution >= 0.6 is 15.9 Å². The van der Waals surface area contributed by atoms with Gasteiger partial charge < -0.3 is 15.0 Å². The molecule has 2 aromatic carbocycles. The summed E-state index contributed by atoms with van der Waals surface area (Å²) >= 11 is 3.43. The van der Waals surface area contributed by atoms with E-state index in [1.165, 1.54) is 22.7 Å². The van der Waals surface area contributed by atoms with Gasteiger partial charge in [0, 0.05) is 45.7 Å². The normalized spacial score (nSPS) is 22.2. The number of hydrogen-bond donors (Lipinski definition) is 1. The minimum Gasteiger partial charge on any atom is -0.379 e. The van der Waals surface area contributed by atoms with Gasteiger partial charge >= 0.3 is 0 Å². The molecule has 4 atom stereocenters. The Morgan fingerprint density at radius 1 is 1.00 bits per heavy atom. The van der Waals surface area contributed by atoms with Crippen molar-refractivity contribution in [1.82, 2.24) is 24.5 Å². The fraction of sp³-hybridized carbons (Fsp3) is 0.444. The van der Waals surface area contributed by atoms with Crippen molar-refractivity contribution in [2.45, 2.75) is 63.1 Å². The number of halogens is 1. The number of fused-ring (bicyclic) bond motifs is 1. The van der Waals surface area contributed by atoms with Gasteiger partial charge in [0.15, 0.2) is 5.78 Å². The van der Waals surface area contributed by atoms with Gasteiger partial charge in [-0.2, -0.15) is 5.10 Å². The number of likely N-dealkylation sites (tertiary alicyclic amines) is 2. The second-order valence-electron chi connectivity index (χ2n) is 13.4. The minimum atomic E-state index is -0.928. The predicted octanol–water partition coefficient (Wildman–Crippen LogP) is 3.96. The lowest BCUT2D eigenvalue weighted by Gasteiger charge is -2.37. The molecule has 2 fully saturated rings. The monoisotopic (exact) mass is 716 g/mol. The van der Waals surface area contributed by atoms with Crippen LogP contribution in [0.25, 0.3) is 0 Å². The first-order chi connectivity index (χ1) is 23.0. The number of hydrogen-bond acceptors (Lipinski definition) is 9. The maximum atomic E-state index is 13.3. The zero-order valence-electron chi connectivity index (χ0n) is 27.5. The van der Waals surface area contributed by atoms with Crippen molar-refractivity contribution in [3.8, 4) is 0 Å². The molecule has 1 N–H and O–H groups in total. The molecule has 48 heavy (non-hydrogen) atoms. The lowest BCUT2D eigenvalue weighted by atomic mass is 9.87. The highest BCUT2D eigenvalue weighted by molar-refractivity contribution is 9.10. The van der Waals surface area contributed by atoms with E-state index in [-0.39, 0.29) is 36.1 Å². The summed E-state index contributed by atoms with van der Waals surface area (Å²) in [5.74, 6) is -0.649. The zero-order chi connectivity index (χ0) is 34.1. The maximum absolute atomic E-state index is 13.3. The third-order valence-electron chi connectivity index (χ3n) is 9.95. The molecule has 2 amide bonds. The standard InChI is InChI=1S/C36H41BrN6O5/c1-22(45)32(5-4-14-44)43-34(46)29-11-10-25(16-30(29)35(43)47)26-12-13-42(20-26)18-23-6-8-24(9-7-23)27-15-28(21-40(2)19-27)39-31-17-38-41(3)36(48)33(31)37/h6-11,14,16-17,26-28,32,39H,4-5,12-13,15,18-21H2,1-3H3/t26?,27-,28+,32?/m0/s1. The van der Waals surface area contributed by atoms with Crippen molar-refractivity contribution in [2.75, 3.05) is 38.5 Å². The topological polar surface area (TPSA) is 125 Å². The average Bonchev–Trinajstić information content (AvgIpc) is 3.63. The fourth-order valence-electron chi connectivity index (χ4n) is 7.45. The first-order valence-electron chi connectivity index (χ1n) is 16.5. The number of benzene rings is 2. The number of aldehydes is 1. The number of amides is 2. The quantitative estimate of drug-likeness (QED) is 0.232. The number of Topliss-reactive ketones (excluding diaryl/α,β-unsaturated/α-hetero) is 1. The van der Waals surface area contributed by atoms with Crippen LogP contribution in [0.3, 0.4) is 0 Å². The van der Waals surface area contributed by atoms with Crippen LogP contribution in [0.15, 0.2) is 57.9 Å². The summed E-state index contributed by atoms with van der Waals surface area (Å²) in [4.78, 5) is 67.7. The van der Waals surface area contributed by atoms with Crippen molar-refractivity contribution >= 4 is 45.5 Å². The number of nitrogens with zero attached hydrogens (tertiary/aromatic N) is 5. The number of carbonyl (C=O) groups excluding carboxylic acids is 4. The highest BCUT2D eigenvalue weighted by atomic mass is 79.9. The molecule has 0 radical (unpaired) electrons. The molecule has 11 nitrogen and oxygen atoms in total. The van der Waals surface area contributed by atoms with Crippen LogP contribution in [0, 0.1) is 0 Å². The number of piperidine rings is 1. The number of ketones is 1. The van der Waals surface area contributed by atoms with Crippen LogP contribution in [-0.4, -0.2) is 93.7 Å². The molecule has 252 valence electrons. The number of nitrogens with one attached hydrogen (secondary N) is 1. The first kappa shape index (κ1) is 33.9. The van der Waals surface area contributed by atoms with Crippen LogP contribution in [0.1, 0.15) is 81.8 Å².